The van der Waals surface area contributed by atoms with Gasteiger partial charge in [-0.1, -0.05) is 54.6 Å². The average Bonchev–Trinajstić information content (AvgIpc) is 2.72. The van der Waals surface area contributed by atoms with Gasteiger partial charge in [0.2, 0.25) is 0 Å². The van der Waals surface area contributed by atoms with Crippen LogP contribution in [0.15, 0.2) is 54.6 Å². The van der Waals surface area contributed by atoms with E-state index in [1.54, 1.807) is 0 Å². The predicted octanol–water partition coefficient (Wildman–Crippen LogP) is 3.33. The molecular weight excluding hydrogens is 358 g/mol. The Morgan fingerprint density at radius 3 is 2.29 bits per heavy atom. The second-order valence-electron chi connectivity index (χ2n) is 6.42. The van der Waals surface area contributed by atoms with Gasteiger partial charge in [0.15, 0.2) is 0 Å². The number of nitrogens with two attached hydrogens (primary N) is 1. The van der Waals surface area contributed by atoms with Crippen LogP contribution in [0.25, 0.3) is 0 Å². The summed E-state index contributed by atoms with van der Waals surface area (Å²) < 4.78 is 5.13. The van der Waals surface area contributed by atoms with Gasteiger partial charge < -0.3 is 25.8 Å². The Hall–Kier alpha value is -3.06. The van der Waals surface area contributed by atoms with Crippen molar-refractivity contribution in [3.8, 4) is 0 Å². The molecule has 4 N–H and O–H groups in total. The number of amides is 2. The SMILES string of the molecule is NCc1ccc(CN(CCCCNC(=O)OCc2ccccc2)C(=O)O)cc1. The first kappa shape index (κ1) is 21.2. The van der Waals surface area contributed by atoms with Crippen LogP contribution in [0.2, 0.25) is 0 Å². The van der Waals surface area contributed by atoms with Crippen LogP contribution in [0.1, 0.15) is 29.5 Å². The Kier molecular flexibility index (Phi) is 8.81. The number of benzene rings is 2. The highest BCUT2D eigenvalue weighted by Gasteiger charge is 2.12. The first-order chi connectivity index (χ1) is 13.6. The van der Waals surface area contributed by atoms with Gasteiger partial charge in [-0.2, -0.15) is 0 Å². The molecule has 0 fully saturated rings. The van der Waals surface area contributed by atoms with E-state index in [-0.39, 0.29) is 6.61 Å². The molecule has 2 aromatic rings. The number of hydrogen-bond acceptors (Lipinski definition) is 4. The number of nitrogens with zero attached hydrogens (tertiary/aromatic N) is 1. The lowest BCUT2D eigenvalue weighted by atomic mass is 10.1. The zero-order valence-electron chi connectivity index (χ0n) is 15.8. The molecule has 0 radical (unpaired) electrons. The van der Waals surface area contributed by atoms with Crippen molar-refractivity contribution >= 4 is 12.2 Å². The number of carboxylic acid groups (broad SMARTS) is 1. The topological polar surface area (TPSA) is 105 Å². The van der Waals surface area contributed by atoms with Crippen LogP contribution >= 0.6 is 0 Å². The Bertz CT molecular complexity index is 735. The molecule has 7 heteroatoms. The van der Waals surface area contributed by atoms with Crippen molar-refractivity contribution in [1.29, 1.82) is 0 Å². The summed E-state index contributed by atoms with van der Waals surface area (Å²) in [6, 6.07) is 17.0. The molecule has 0 heterocycles. The van der Waals surface area contributed by atoms with Gasteiger partial charge >= 0.3 is 12.2 Å². The molecule has 7 nitrogen and oxygen atoms in total. The van der Waals surface area contributed by atoms with Crippen molar-refractivity contribution in [3.63, 3.8) is 0 Å². The molecule has 0 saturated heterocycles. The Morgan fingerprint density at radius 1 is 0.964 bits per heavy atom. The van der Waals surface area contributed by atoms with E-state index >= 15 is 0 Å². The molecule has 0 aliphatic rings. The van der Waals surface area contributed by atoms with E-state index in [0.717, 1.165) is 16.7 Å². The van der Waals surface area contributed by atoms with Crippen LogP contribution in [0.4, 0.5) is 9.59 Å². The van der Waals surface area contributed by atoms with E-state index in [1.165, 1.54) is 4.90 Å². The third-order valence-electron chi connectivity index (χ3n) is 4.24. The molecule has 150 valence electrons. The molecule has 2 aromatic carbocycles. The minimum absolute atomic E-state index is 0.225. The van der Waals surface area contributed by atoms with Crippen LogP contribution < -0.4 is 11.1 Å². The van der Waals surface area contributed by atoms with E-state index in [2.05, 4.69) is 5.32 Å². The zero-order chi connectivity index (χ0) is 20.2. The molecule has 0 aliphatic heterocycles. The van der Waals surface area contributed by atoms with Crippen molar-refractivity contribution in [3.05, 3.63) is 71.3 Å². The summed E-state index contributed by atoms with van der Waals surface area (Å²) in [4.78, 5) is 24.5. The van der Waals surface area contributed by atoms with Crippen LogP contribution in [0, 0.1) is 0 Å². The monoisotopic (exact) mass is 385 g/mol. The number of carbonyl (C=O) groups is 2. The Labute approximate surface area is 165 Å². The van der Waals surface area contributed by atoms with Crippen LogP contribution in [-0.2, 0) is 24.4 Å². The summed E-state index contributed by atoms with van der Waals surface area (Å²) in [5, 5.41) is 12.1. The van der Waals surface area contributed by atoms with Crippen LogP contribution in [0.5, 0.6) is 0 Å². The van der Waals surface area contributed by atoms with E-state index < -0.39 is 12.2 Å². The highest BCUT2D eigenvalue weighted by molar-refractivity contribution is 5.67. The van der Waals surface area contributed by atoms with Gasteiger partial charge in [0, 0.05) is 26.2 Å². The van der Waals surface area contributed by atoms with Crippen molar-refractivity contribution in [1.82, 2.24) is 10.2 Å². The van der Waals surface area contributed by atoms with Crippen LogP contribution in [-0.4, -0.2) is 35.3 Å². The molecule has 0 aliphatic carbocycles. The number of hydrogen-bond donors (Lipinski definition) is 3. The lowest BCUT2D eigenvalue weighted by molar-refractivity contribution is 0.136. The molecule has 0 atom stereocenters. The second-order valence-corrected chi connectivity index (χ2v) is 6.42. The minimum Gasteiger partial charge on any atom is -0.465 e. The Balaban J connectivity index is 1.64. The minimum atomic E-state index is -0.960. The summed E-state index contributed by atoms with van der Waals surface area (Å²) in [6.07, 6.45) is -0.125. The van der Waals surface area contributed by atoms with Gasteiger partial charge in [-0.3, -0.25) is 0 Å². The summed E-state index contributed by atoms with van der Waals surface area (Å²) in [6.45, 7) is 1.85. The first-order valence-electron chi connectivity index (χ1n) is 9.29. The number of rotatable bonds is 10. The summed E-state index contributed by atoms with van der Waals surface area (Å²) in [7, 11) is 0. The fourth-order valence-corrected chi connectivity index (χ4v) is 2.64. The van der Waals surface area contributed by atoms with Gasteiger partial charge in [0.25, 0.3) is 0 Å². The molecule has 2 rings (SSSR count). The number of nitrogens with one attached hydrogen (secondary N) is 1. The molecule has 0 unspecified atom stereocenters. The number of ether oxygens (including phenoxy) is 1. The molecule has 2 amide bonds. The van der Waals surface area contributed by atoms with Gasteiger partial charge in [-0.15, -0.1) is 0 Å². The molecule has 28 heavy (non-hydrogen) atoms. The summed E-state index contributed by atoms with van der Waals surface area (Å²) in [5.74, 6) is 0. The first-order valence-corrected chi connectivity index (χ1v) is 9.29. The predicted molar refractivity (Wildman–Crippen MR) is 107 cm³/mol. The zero-order valence-corrected chi connectivity index (χ0v) is 15.8. The van der Waals surface area contributed by atoms with E-state index in [0.29, 0.717) is 39.0 Å². The lowest BCUT2D eigenvalue weighted by Gasteiger charge is -2.19. The number of alkyl carbamates (subject to hydrolysis) is 1. The normalized spacial score (nSPS) is 10.3. The maximum absolute atomic E-state index is 11.7. The van der Waals surface area contributed by atoms with E-state index in [1.807, 2.05) is 54.6 Å². The van der Waals surface area contributed by atoms with Gasteiger partial charge in [0.1, 0.15) is 6.61 Å². The standard InChI is InChI=1S/C21H27N3O4/c22-14-17-8-10-18(11-9-17)15-24(21(26)27)13-5-4-12-23-20(25)28-16-19-6-2-1-3-7-19/h1-3,6-11H,4-5,12-16,22H2,(H,23,25)(H,26,27). The quantitative estimate of drug-likeness (QED) is 0.544. The second kappa shape index (κ2) is 11.6. The smallest absolute Gasteiger partial charge is 0.407 e. The fourth-order valence-electron chi connectivity index (χ4n) is 2.64. The van der Waals surface area contributed by atoms with E-state index in [4.69, 9.17) is 10.5 Å². The maximum Gasteiger partial charge on any atom is 0.407 e. The highest BCUT2D eigenvalue weighted by Crippen LogP contribution is 2.09. The largest absolute Gasteiger partial charge is 0.465 e. The molecular formula is C21H27N3O4. The number of unbranched alkanes of at least 4 members (excludes halogenated alkanes) is 1. The van der Waals surface area contributed by atoms with Crippen LogP contribution in [0.3, 0.4) is 0 Å². The molecule has 0 bridgehead atoms. The van der Waals surface area contributed by atoms with E-state index in [9.17, 15) is 14.7 Å². The molecule has 0 aromatic heterocycles. The Morgan fingerprint density at radius 2 is 1.64 bits per heavy atom. The number of carbonyl (C=O) groups excluding carboxylic acids is 1. The van der Waals surface area contributed by atoms with Gasteiger partial charge in [-0.25, -0.2) is 9.59 Å². The lowest BCUT2D eigenvalue weighted by Crippen LogP contribution is -2.31. The third kappa shape index (κ3) is 7.67. The fraction of sp³-hybridized carbons (Fsp3) is 0.333. The molecule has 0 saturated carbocycles. The highest BCUT2D eigenvalue weighted by atomic mass is 16.5. The van der Waals surface area contributed by atoms with Gasteiger partial charge in [0.05, 0.1) is 0 Å². The average molecular weight is 385 g/mol. The molecule has 0 spiro atoms. The van der Waals surface area contributed by atoms with Crippen molar-refractivity contribution < 1.29 is 19.4 Å². The van der Waals surface area contributed by atoms with Crippen molar-refractivity contribution in [2.75, 3.05) is 13.1 Å². The third-order valence-corrected chi connectivity index (χ3v) is 4.24. The van der Waals surface area contributed by atoms with Crippen molar-refractivity contribution in [2.24, 2.45) is 5.73 Å². The van der Waals surface area contributed by atoms with Crippen molar-refractivity contribution in [2.45, 2.75) is 32.5 Å². The summed E-state index contributed by atoms with van der Waals surface area (Å²) >= 11 is 0. The maximum atomic E-state index is 11.7. The van der Waals surface area contributed by atoms with Gasteiger partial charge in [-0.05, 0) is 29.5 Å². The summed E-state index contributed by atoms with van der Waals surface area (Å²) in [5.41, 5.74) is 8.42.